The number of aromatic nitrogens is 5. The lowest BCUT2D eigenvalue weighted by atomic mass is 10.1. The van der Waals surface area contributed by atoms with Crippen LogP contribution in [0.25, 0.3) is 28.5 Å². The molecule has 2 aromatic carbocycles. The second-order valence-electron chi connectivity index (χ2n) is 7.96. The van der Waals surface area contributed by atoms with Crippen molar-refractivity contribution >= 4 is 28.5 Å². The second kappa shape index (κ2) is 9.91. The smallest absolute Gasteiger partial charge is 0.183 e. The lowest BCUT2D eigenvalue weighted by Gasteiger charge is -2.10. The summed E-state index contributed by atoms with van der Waals surface area (Å²) in [7, 11) is 1.53. The van der Waals surface area contributed by atoms with E-state index in [-0.39, 0.29) is 12.1 Å². The van der Waals surface area contributed by atoms with Gasteiger partial charge in [-0.3, -0.25) is 9.67 Å². The zero-order valence-corrected chi connectivity index (χ0v) is 19.6. The largest absolute Gasteiger partial charge is 0.491 e. The molecule has 0 saturated heterocycles. The van der Waals surface area contributed by atoms with Gasteiger partial charge in [0, 0.05) is 29.0 Å². The molecule has 0 aliphatic heterocycles. The molecule has 0 fully saturated rings. The molecule has 3 aromatic heterocycles. The minimum atomic E-state index is -0.631. The number of anilines is 2. The molecule has 0 amide bonds. The highest BCUT2D eigenvalue weighted by molar-refractivity contribution is 5.92. The van der Waals surface area contributed by atoms with Crippen LogP contribution in [0.1, 0.15) is 18.1 Å². The van der Waals surface area contributed by atoms with Gasteiger partial charge in [0.05, 0.1) is 25.4 Å². The van der Waals surface area contributed by atoms with E-state index in [2.05, 4.69) is 25.4 Å². The molecule has 0 radical (unpaired) electrons. The Morgan fingerprint density at radius 2 is 1.81 bits per heavy atom. The lowest BCUT2D eigenvalue weighted by molar-refractivity contribution is 0.413. The summed E-state index contributed by atoms with van der Waals surface area (Å²) < 4.78 is 36.6. The Bertz CT molecular complexity index is 1540. The highest BCUT2D eigenvalue weighted by atomic mass is 19.1. The first kappa shape index (κ1) is 23.1. The van der Waals surface area contributed by atoms with Crippen LogP contribution in [0.2, 0.25) is 0 Å². The molecule has 0 atom stereocenters. The molecule has 0 aliphatic rings. The predicted molar refractivity (Wildman–Crippen MR) is 135 cm³/mol. The first-order valence-electron chi connectivity index (χ1n) is 11.2. The summed E-state index contributed by atoms with van der Waals surface area (Å²) in [6.07, 6.45) is 8.26. The first-order valence-corrected chi connectivity index (χ1v) is 11.2. The van der Waals surface area contributed by atoms with Gasteiger partial charge in [0.25, 0.3) is 0 Å². The summed E-state index contributed by atoms with van der Waals surface area (Å²) in [5.74, 6) is -0.0251. The topological polar surface area (TPSA) is 77.8 Å². The van der Waals surface area contributed by atoms with Gasteiger partial charge in [-0.1, -0.05) is 30.4 Å². The van der Waals surface area contributed by atoms with Gasteiger partial charge in [-0.25, -0.2) is 18.7 Å². The van der Waals surface area contributed by atoms with Crippen molar-refractivity contribution in [2.75, 3.05) is 12.4 Å². The molecule has 3 heterocycles. The molecule has 0 spiro atoms. The molecule has 9 heteroatoms. The van der Waals surface area contributed by atoms with E-state index in [1.807, 2.05) is 24.3 Å². The third kappa shape index (κ3) is 4.50. The van der Waals surface area contributed by atoms with Crippen LogP contribution in [0, 0.1) is 11.6 Å². The maximum atomic E-state index is 14.8. The molecule has 1 N–H and O–H groups in total. The monoisotopic (exact) mass is 484 g/mol. The summed E-state index contributed by atoms with van der Waals surface area (Å²) in [6, 6.07) is 13.7. The Morgan fingerprint density at radius 3 is 2.53 bits per heavy atom. The molecule has 7 nitrogen and oxygen atoms in total. The van der Waals surface area contributed by atoms with Crippen LogP contribution >= 0.6 is 0 Å². The van der Waals surface area contributed by atoms with Gasteiger partial charge in [0.1, 0.15) is 17.3 Å². The van der Waals surface area contributed by atoms with E-state index in [1.54, 1.807) is 54.5 Å². The van der Waals surface area contributed by atoms with Crippen molar-refractivity contribution in [3.63, 3.8) is 0 Å². The summed E-state index contributed by atoms with van der Waals surface area (Å²) in [6.45, 7) is 1.70. The fourth-order valence-corrected chi connectivity index (χ4v) is 3.92. The van der Waals surface area contributed by atoms with Crippen LogP contribution < -0.4 is 10.1 Å². The molecule has 0 aliphatic carbocycles. The first-order chi connectivity index (χ1) is 17.6. The van der Waals surface area contributed by atoms with E-state index in [4.69, 9.17) is 4.74 Å². The van der Waals surface area contributed by atoms with Gasteiger partial charge >= 0.3 is 0 Å². The van der Waals surface area contributed by atoms with Crippen molar-refractivity contribution in [1.29, 1.82) is 0 Å². The average molecular weight is 485 g/mol. The molecule has 0 bridgehead atoms. The number of methoxy groups -OCH3 is 1. The van der Waals surface area contributed by atoms with E-state index in [1.165, 1.54) is 19.2 Å². The van der Waals surface area contributed by atoms with E-state index < -0.39 is 11.6 Å². The molecule has 0 unspecified atom stereocenters. The maximum Gasteiger partial charge on any atom is 0.183 e. The number of hydrogen-bond donors (Lipinski definition) is 1. The van der Waals surface area contributed by atoms with Crippen LogP contribution in [0.3, 0.4) is 0 Å². The van der Waals surface area contributed by atoms with Gasteiger partial charge in [0.15, 0.2) is 17.4 Å². The summed E-state index contributed by atoms with van der Waals surface area (Å²) in [4.78, 5) is 13.1. The standard InChI is InChI=1S/C27H22F2N6O/c1-3-6-17-13-21(28)20(22(29)14-17)16-35-23-8-5-4-7-19(23)25(34-35)27-31-15-24(36-2)26(33-27)32-18-9-11-30-12-10-18/h3-15H,16H2,1-2H3,(H,30,31,32,33). The number of para-hydroxylation sites is 1. The number of rotatable bonds is 7. The number of benzene rings is 2. The molecule has 5 aromatic rings. The van der Waals surface area contributed by atoms with E-state index >= 15 is 0 Å². The number of ether oxygens (including phenoxy) is 1. The van der Waals surface area contributed by atoms with Gasteiger partial charge in [-0.05, 0) is 42.8 Å². The van der Waals surface area contributed by atoms with Gasteiger partial charge < -0.3 is 10.1 Å². The third-order valence-electron chi connectivity index (χ3n) is 5.62. The van der Waals surface area contributed by atoms with Crippen molar-refractivity contribution in [3.05, 3.63) is 96.0 Å². The quantitative estimate of drug-likeness (QED) is 0.305. The summed E-state index contributed by atoms with van der Waals surface area (Å²) in [5, 5.41) is 8.62. The Hall–Kier alpha value is -4.66. The van der Waals surface area contributed by atoms with E-state index in [9.17, 15) is 8.78 Å². The minimum Gasteiger partial charge on any atom is -0.491 e. The average Bonchev–Trinajstić information content (AvgIpc) is 3.25. The second-order valence-corrected chi connectivity index (χ2v) is 7.96. The Labute approximate surface area is 206 Å². The van der Waals surface area contributed by atoms with Crippen LogP contribution in [0.15, 0.2) is 73.2 Å². The third-order valence-corrected chi connectivity index (χ3v) is 5.62. The van der Waals surface area contributed by atoms with Gasteiger partial charge in [-0.15, -0.1) is 0 Å². The van der Waals surface area contributed by atoms with Crippen molar-refractivity contribution in [3.8, 4) is 17.3 Å². The summed E-state index contributed by atoms with van der Waals surface area (Å²) >= 11 is 0. The fraction of sp³-hybridized carbons (Fsp3) is 0.111. The van der Waals surface area contributed by atoms with Crippen molar-refractivity contribution in [1.82, 2.24) is 24.7 Å². The van der Waals surface area contributed by atoms with E-state index in [0.29, 0.717) is 34.2 Å². The Kier molecular flexibility index (Phi) is 6.36. The molecular formula is C27H22F2N6O. The number of nitrogens with zero attached hydrogens (tertiary/aromatic N) is 5. The zero-order chi connectivity index (χ0) is 25.1. The van der Waals surface area contributed by atoms with Crippen molar-refractivity contribution in [2.45, 2.75) is 13.5 Å². The number of halogens is 2. The van der Waals surface area contributed by atoms with Crippen LogP contribution in [0.4, 0.5) is 20.3 Å². The number of fused-ring (bicyclic) bond motifs is 1. The minimum absolute atomic E-state index is 0.0706. The van der Waals surface area contributed by atoms with Crippen LogP contribution in [-0.4, -0.2) is 31.8 Å². The molecular weight excluding hydrogens is 462 g/mol. The zero-order valence-electron chi connectivity index (χ0n) is 19.6. The predicted octanol–water partition coefficient (Wildman–Crippen LogP) is 6.00. The normalized spacial score (nSPS) is 11.3. The molecule has 5 rings (SSSR count). The molecule has 180 valence electrons. The number of hydrogen-bond acceptors (Lipinski definition) is 6. The maximum absolute atomic E-state index is 14.8. The van der Waals surface area contributed by atoms with Gasteiger partial charge in [0.2, 0.25) is 0 Å². The highest BCUT2D eigenvalue weighted by Gasteiger charge is 2.19. The van der Waals surface area contributed by atoms with E-state index in [0.717, 1.165) is 11.1 Å². The number of nitrogens with one attached hydrogen (secondary N) is 1. The highest BCUT2D eigenvalue weighted by Crippen LogP contribution is 2.31. The molecule has 36 heavy (non-hydrogen) atoms. The van der Waals surface area contributed by atoms with Crippen molar-refractivity contribution < 1.29 is 13.5 Å². The van der Waals surface area contributed by atoms with Gasteiger partial charge in [-0.2, -0.15) is 5.10 Å². The number of pyridine rings is 1. The van der Waals surface area contributed by atoms with Crippen molar-refractivity contribution in [2.24, 2.45) is 0 Å². The molecule has 0 saturated carbocycles. The summed E-state index contributed by atoms with van der Waals surface area (Å²) in [5.41, 5.74) is 2.35. The lowest BCUT2D eigenvalue weighted by Crippen LogP contribution is -2.07. The Morgan fingerprint density at radius 1 is 1.06 bits per heavy atom. The van der Waals surface area contributed by atoms with Crippen LogP contribution in [0.5, 0.6) is 5.75 Å². The van der Waals surface area contributed by atoms with Crippen LogP contribution in [-0.2, 0) is 6.54 Å². The number of allylic oxidation sites excluding steroid dienone is 1. The SMILES string of the molecule is CC=Cc1cc(F)c(Cn2nc(-c3ncc(OC)c(Nc4ccncc4)n3)c3ccccc32)c(F)c1. The Balaban J connectivity index is 1.57. The fourth-order valence-electron chi connectivity index (χ4n) is 3.92.